The van der Waals surface area contributed by atoms with Gasteiger partial charge in [0.1, 0.15) is 0 Å². The maximum absolute atomic E-state index is 11.5. The van der Waals surface area contributed by atoms with Gasteiger partial charge in [0.2, 0.25) is 0 Å². The van der Waals surface area contributed by atoms with Gasteiger partial charge in [0.25, 0.3) is 0 Å². The molecule has 2 amide bonds. The quantitative estimate of drug-likeness (QED) is 0.664. The van der Waals surface area contributed by atoms with E-state index >= 15 is 0 Å². The zero-order valence-electron chi connectivity index (χ0n) is 12.0. The highest BCUT2D eigenvalue weighted by molar-refractivity contribution is 5.75. The number of aliphatic carboxylic acids is 1. The number of carboxylic acids is 1. The van der Waals surface area contributed by atoms with E-state index in [-0.39, 0.29) is 6.03 Å². The van der Waals surface area contributed by atoms with Crippen molar-refractivity contribution in [3.8, 4) is 0 Å². The topological polar surface area (TPSA) is 78.4 Å². The fourth-order valence-electron chi connectivity index (χ4n) is 2.35. The molecule has 0 spiro atoms. The van der Waals surface area contributed by atoms with Crippen LogP contribution in [0.3, 0.4) is 0 Å². The maximum atomic E-state index is 11.5. The molecule has 1 fully saturated rings. The van der Waals surface area contributed by atoms with Gasteiger partial charge in [-0.2, -0.15) is 0 Å². The lowest BCUT2D eigenvalue weighted by molar-refractivity contribution is -0.147. The molecule has 0 heterocycles. The number of rotatable bonds is 7. The first kappa shape index (κ1) is 15.8. The zero-order chi connectivity index (χ0) is 14.3. The summed E-state index contributed by atoms with van der Waals surface area (Å²) in [6.45, 7) is 4.41. The van der Waals surface area contributed by atoms with E-state index in [1.807, 2.05) is 0 Å². The lowest BCUT2D eigenvalue weighted by Gasteiger charge is -2.19. The highest BCUT2D eigenvalue weighted by Gasteiger charge is 2.26. The van der Waals surface area contributed by atoms with Crippen LogP contribution in [0.15, 0.2) is 0 Å². The van der Waals surface area contributed by atoms with E-state index in [1.165, 1.54) is 25.7 Å². The van der Waals surface area contributed by atoms with Gasteiger partial charge in [-0.3, -0.25) is 4.79 Å². The average Bonchev–Trinajstić information content (AvgIpc) is 2.81. The monoisotopic (exact) mass is 270 g/mol. The van der Waals surface area contributed by atoms with Gasteiger partial charge in [-0.25, -0.2) is 4.79 Å². The van der Waals surface area contributed by atoms with E-state index < -0.39 is 11.4 Å². The Bertz CT molecular complexity index is 310. The van der Waals surface area contributed by atoms with Crippen LogP contribution in [0.25, 0.3) is 0 Å². The Morgan fingerprint density at radius 2 is 1.74 bits per heavy atom. The smallest absolute Gasteiger partial charge is 0.314 e. The van der Waals surface area contributed by atoms with Crippen molar-refractivity contribution in [1.29, 1.82) is 0 Å². The van der Waals surface area contributed by atoms with Crippen LogP contribution >= 0.6 is 0 Å². The molecule has 1 saturated carbocycles. The van der Waals surface area contributed by atoms with Crippen molar-refractivity contribution in [2.45, 2.75) is 52.4 Å². The number of urea groups is 1. The van der Waals surface area contributed by atoms with E-state index in [9.17, 15) is 9.59 Å². The molecule has 0 aliphatic heterocycles. The predicted octanol–water partition coefficient (Wildman–Crippen LogP) is 2.37. The van der Waals surface area contributed by atoms with Crippen molar-refractivity contribution in [2.24, 2.45) is 11.3 Å². The Kier molecular flexibility index (Phi) is 6.12. The molecule has 0 aromatic heterocycles. The van der Waals surface area contributed by atoms with Crippen LogP contribution in [-0.4, -0.2) is 30.2 Å². The second-order valence-electron chi connectivity index (χ2n) is 6.06. The first-order valence-corrected chi connectivity index (χ1v) is 7.17. The molecule has 0 radical (unpaired) electrons. The third-order valence-corrected chi connectivity index (χ3v) is 3.93. The highest BCUT2D eigenvalue weighted by atomic mass is 16.4. The summed E-state index contributed by atoms with van der Waals surface area (Å²) in [6.07, 6.45) is 6.70. The summed E-state index contributed by atoms with van der Waals surface area (Å²) in [4.78, 5) is 22.4. The van der Waals surface area contributed by atoms with Crippen molar-refractivity contribution in [2.75, 3.05) is 13.1 Å². The van der Waals surface area contributed by atoms with Gasteiger partial charge in [0, 0.05) is 13.1 Å². The van der Waals surface area contributed by atoms with Gasteiger partial charge < -0.3 is 15.7 Å². The van der Waals surface area contributed by atoms with Crippen molar-refractivity contribution < 1.29 is 14.7 Å². The standard InChI is InChI=1S/C14H26N2O3/c1-14(2,12(17)18)8-10-16-13(19)15-9-7-11-5-3-4-6-11/h11H,3-10H2,1-2H3,(H,17,18)(H2,15,16,19). The van der Waals surface area contributed by atoms with Crippen molar-refractivity contribution in [1.82, 2.24) is 10.6 Å². The molecule has 1 aliphatic carbocycles. The van der Waals surface area contributed by atoms with E-state index in [0.717, 1.165) is 12.3 Å². The van der Waals surface area contributed by atoms with Gasteiger partial charge in [-0.1, -0.05) is 25.7 Å². The number of carboxylic acid groups (broad SMARTS) is 1. The summed E-state index contributed by atoms with van der Waals surface area (Å²) >= 11 is 0. The van der Waals surface area contributed by atoms with Gasteiger partial charge in [0.05, 0.1) is 5.41 Å². The Morgan fingerprint density at radius 3 is 2.32 bits per heavy atom. The Hall–Kier alpha value is -1.26. The van der Waals surface area contributed by atoms with Crippen LogP contribution in [0.4, 0.5) is 4.79 Å². The van der Waals surface area contributed by atoms with Crippen LogP contribution in [0.5, 0.6) is 0 Å². The molecule has 1 aliphatic rings. The molecule has 0 saturated heterocycles. The molecule has 5 heteroatoms. The van der Waals surface area contributed by atoms with Crippen LogP contribution in [0.2, 0.25) is 0 Å². The Morgan fingerprint density at radius 1 is 1.16 bits per heavy atom. The number of hydrogen-bond donors (Lipinski definition) is 3. The summed E-state index contributed by atoms with van der Waals surface area (Å²) in [5.41, 5.74) is -0.795. The van der Waals surface area contributed by atoms with Crippen molar-refractivity contribution in [3.63, 3.8) is 0 Å². The third kappa shape index (κ3) is 5.94. The Balaban J connectivity index is 2.06. The van der Waals surface area contributed by atoms with Gasteiger partial charge in [-0.15, -0.1) is 0 Å². The Labute approximate surface area is 115 Å². The molecule has 5 nitrogen and oxygen atoms in total. The van der Waals surface area contributed by atoms with Crippen LogP contribution < -0.4 is 10.6 Å². The molecular formula is C14H26N2O3. The summed E-state index contributed by atoms with van der Waals surface area (Å²) in [5.74, 6) is -0.0674. The fourth-order valence-corrected chi connectivity index (χ4v) is 2.35. The summed E-state index contributed by atoms with van der Waals surface area (Å²) < 4.78 is 0. The molecule has 0 aromatic rings. The molecule has 0 atom stereocenters. The lowest BCUT2D eigenvalue weighted by Crippen LogP contribution is -2.39. The maximum Gasteiger partial charge on any atom is 0.314 e. The second-order valence-corrected chi connectivity index (χ2v) is 6.06. The highest BCUT2D eigenvalue weighted by Crippen LogP contribution is 2.26. The fraction of sp³-hybridized carbons (Fsp3) is 0.857. The molecule has 19 heavy (non-hydrogen) atoms. The third-order valence-electron chi connectivity index (χ3n) is 3.93. The average molecular weight is 270 g/mol. The van der Waals surface area contributed by atoms with E-state index in [4.69, 9.17) is 5.11 Å². The molecule has 3 N–H and O–H groups in total. The van der Waals surface area contributed by atoms with Crippen molar-refractivity contribution in [3.05, 3.63) is 0 Å². The minimum atomic E-state index is -0.837. The predicted molar refractivity (Wildman–Crippen MR) is 74.0 cm³/mol. The van der Waals surface area contributed by atoms with E-state index in [1.54, 1.807) is 13.8 Å². The number of carbonyl (C=O) groups is 2. The number of hydrogen-bond acceptors (Lipinski definition) is 2. The minimum absolute atomic E-state index is 0.195. The lowest BCUT2D eigenvalue weighted by atomic mass is 9.90. The molecular weight excluding hydrogens is 244 g/mol. The first-order chi connectivity index (χ1) is 8.92. The molecule has 0 bridgehead atoms. The summed E-state index contributed by atoms with van der Waals surface area (Å²) in [5, 5.41) is 14.5. The number of nitrogens with one attached hydrogen (secondary N) is 2. The van der Waals surface area contributed by atoms with E-state index in [2.05, 4.69) is 10.6 Å². The molecule has 0 aromatic carbocycles. The van der Waals surface area contributed by atoms with E-state index in [0.29, 0.717) is 19.5 Å². The normalized spacial score (nSPS) is 16.3. The number of carbonyl (C=O) groups excluding carboxylic acids is 1. The SMILES string of the molecule is CC(C)(CCNC(=O)NCCC1CCCC1)C(=O)O. The second kappa shape index (κ2) is 7.36. The van der Waals surface area contributed by atoms with Gasteiger partial charge >= 0.3 is 12.0 Å². The van der Waals surface area contributed by atoms with Crippen LogP contribution in [-0.2, 0) is 4.79 Å². The van der Waals surface area contributed by atoms with Crippen molar-refractivity contribution >= 4 is 12.0 Å². The van der Waals surface area contributed by atoms with Crippen LogP contribution in [0.1, 0.15) is 52.4 Å². The largest absolute Gasteiger partial charge is 0.481 e. The van der Waals surface area contributed by atoms with Gasteiger partial charge in [-0.05, 0) is 32.6 Å². The molecule has 110 valence electrons. The van der Waals surface area contributed by atoms with Gasteiger partial charge in [0.15, 0.2) is 0 Å². The first-order valence-electron chi connectivity index (χ1n) is 7.17. The summed E-state index contributed by atoms with van der Waals surface area (Å²) in [6, 6.07) is -0.195. The molecule has 1 rings (SSSR count). The minimum Gasteiger partial charge on any atom is -0.481 e. The number of amides is 2. The molecule has 0 unspecified atom stereocenters. The summed E-state index contributed by atoms with van der Waals surface area (Å²) in [7, 11) is 0. The van der Waals surface area contributed by atoms with Crippen LogP contribution in [0, 0.1) is 11.3 Å². The zero-order valence-corrected chi connectivity index (χ0v) is 12.0.